The van der Waals surface area contributed by atoms with Gasteiger partial charge in [-0.2, -0.15) is 0 Å². The van der Waals surface area contributed by atoms with E-state index in [2.05, 4.69) is 279 Å². The lowest BCUT2D eigenvalue weighted by Gasteiger charge is -2.23. The first kappa shape index (κ1) is 43.7. The Morgan fingerprint density at radius 1 is 0.231 bits per heavy atom. The maximum absolute atomic E-state index is 2.56. The van der Waals surface area contributed by atoms with E-state index in [-0.39, 0.29) is 10.8 Å². The molecule has 0 atom stereocenters. The summed E-state index contributed by atoms with van der Waals surface area (Å²) in [6.45, 7) is 9.64. The lowest BCUT2D eigenvalue weighted by molar-refractivity contribution is 0.661. The molecule has 2 nitrogen and oxygen atoms in total. The minimum atomic E-state index is -0.159. The first-order valence-corrected chi connectivity index (χ1v) is 27.6. The van der Waals surface area contributed by atoms with E-state index in [1.165, 1.54) is 165 Å². The van der Waals surface area contributed by atoms with Crippen molar-refractivity contribution in [3.8, 4) is 55.9 Å². The van der Waals surface area contributed by atoms with E-state index >= 15 is 0 Å². The number of para-hydroxylation sites is 4. The molecule has 366 valence electrons. The molecule has 0 fully saturated rings. The lowest BCUT2D eigenvalue weighted by atomic mass is 9.80. The van der Waals surface area contributed by atoms with Crippen LogP contribution >= 0.6 is 0 Å². The Labute approximate surface area is 452 Å². The third-order valence-corrected chi connectivity index (χ3v) is 18.4. The summed E-state index contributed by atoms with van der Waals surface area (Å²) >= 11 is 0. The van der Waals surface area contributed by atoms with Crippen LogP contribution in [0.4, 0.5) is 0 Å². The zero-order valence-corrected chi connectivity index (χ0v) is 44.0. The normalized spacial score (nSPS) is 14.1. The molecule has 0 saturated heterocycles. The van der Waals surface area contributed by atoms with Crippen molar-refractivity contribution in [2.75, 3.05) is 0 Å². The van der Waals surface area contributed by atoms with Gasteiger partial charge in [-0.15, -0.1) is 0 Å². The number of hydrogen-bond donors (Lipinski definition) is 0. The molecule has 0 amide bonds. The van der Waals surface area contributed by atoms with Crippen molar-refractivity contribution in [2.24, 2.45) is 0 Å². The van der Waals surface area contributed by atoms with E-state index in [4.69, 9.17) is 0 Å². The molecular weight excluding hydrogens is 941 g/mol. The summed E-state index contributed by atoms with van der Waals surface area (Å²) < 4.78 is 4.84. The third kappa shape index (κ3) is 5.87. The van der Waals surface area contributed by atoms with Gasteiger partial charge in [0.05, 0.1) is 22.1 Å². The molecule has 2 aromatic heterocycles. The topological polar surface area (TPSA) is 9.86 Å². The highest BCUT2D eigenvalue weighted by Gasteiger charge is 2.37. The lowest BCUT2D eigenvalue weighted by Crippen LogP contribution is -2.14. The van der Waals surface area contributed by atoms with Gasteiger partial charge in [-0.05, 0) is 219 Å². The summed E-state index contributed by atoms with van der Waals surface area (Å²) in [5.41, 5.74) is 22.7. The Morgan fingerprint density at radius 3 is 1.06 bits per heavy atom. The van der Waals surface area contributed by atoms with Gasteiger partial charge in [0.2, 0.25) is 0 Å². The summed E-state index contributed by atoms with van der Waals surface area (Å²) in [5, 5.41) is 15.2. The maximum atomic E-state index is 2.56. The molecule has 0 aliphatic heterocycles. The van der Waals surface area contributed by atoms with Crippen LogP contribution in [-0.4, -0.2) is 9.13 Å². The summed E-state index contributed by atoms with van der Waals surface area (Å²) in [7, 11) is 0. The van der Waals surface area contributed by atoms with E-state index < -0.39 is 0 Å². The van der Waals surface area contributed by atoms with Gasteiger partial charge >= 0.3 is 0 Å². The fourth-order valence-electron chi connectivity index (χ4n) is 14.7. The van der Waals surface area contributed by atoms with Crippen molar-refractivity contribution in [1.29, 1.82) is 0 Å². The molecule has 17 rings (SSSR count). The van der Waals surface area contributed by atoms with E-state index in [9.17, 15) is 0 Å². The van der Waals surface area contributed by atoms with Gasteiger partial charge in [0, 0.05) is 43.7 Å². The average Bonchev–Trinajstić information content (AvgIpc) is 4.30. The van der Waals surface area contributed by atoms with Crippen LogP contribution in [0.25, 0.3) is 143 Å². The molecule has 15 aromatic rings. The summed E-state index contributed by atoms with van der Waals surface area (Å²) in [5.74, 6) is 0. The molecule has 0 spiro atoms. The highest BCUT2D eigenvalue weighted by molar-refractivity contribution is 6.24. The Bertz CT molecular complexity index is 4800. The van der Waals surface area contributed by atoms with Crippen LogP contribution in [0.3, 0.4) is 0 Å². The second-order valence-corrected chi connectivity index (χ2v) is 23.2. The van der Waals surface area contributed by atoms with Crippen molar-refractivity contribution < 1.29 is 0 Å². The molecule has 2 aliphatic carbocycles. The molecule has 0 unspecified atom stereocenters. The van der Waals surface area contributed by atoms with Gasteiger partial charge in [-0.3, -0.25) is 0 Å². The minimum absolute atomic E-state index is 0.159. The number of aromatic nitrogens is 2. The Kier molecular flexibility index (Phi) is 8.72. The molecule has 13 aromatic carbocycles. The van der Waals surface area contributed by atoms with Gasteiger partial charge in [-0.1, -0.05) is 161 Å². The largest absolute Gasteiger partial charge is 0.309 e. The van der Waals surface area contributed by atoms with Gasteiger partial charge in [0.15, 0.2) is 0 Å². The molecule has 2 aliphatic rings. The predicted octanol–water partition coefficient (Wildman–Crippen LogP) is 20.4. The fourth-order valence-corrected chi connectivity index (χ4v) is 14.7. The number of rotatable bonds is 4. The first-order chi connectivity index (χ1) is 38.2. The van der Waals surface area contributed by atoms with Crippen molar-refractivity contribution >= 4 is 86.7 Å². The molecule has 78 heavy (non-hydrogen) atoms. The van der Waals surface area contributed by atoms with E-state index in [1.807, 2.05) is 0 Å². The molecule has 0 saturated carbocycles. The monoisotopic (exact) mass is 992 g/mol. The van der Waals surface area contributed by atoms with E-state index in [1.54, 1.807) is 0 Å². The van der Waals surface area contributed by atoms with Crippen LogP contribution in [0.15, 0.2) is 243 Å². The zero-order chi connectivity index (χ0) is 51.8. The van der Waals surface area contributed by atoms with Crippen molar-refractivity contribution in [3.05, 3.63) is 265 Å². The Hall–Kier alpha value is -9.50. The zero-order valence-electron chi connectivity index (χ0n) is 44.0. The molecule has 2 heteroatoms. The van der Waals surface area contributed by atoms with Crippen LogP contribution in [0.5, 0.6) is 0 Å². The smallest absolute Gasteiger partial charge is 0.0541 e. The molecule has 0 bridgehead atoms. The number of benzene rings is 13. The molecule has 0 radical (unpaired) electrons. The van der Waals surface area contributed by atoms with Crippen molar-refractivity contribution in [3.63, 3.8) is 0 Å². The van der Waals surface area contributed by atoms with Crippen LogP contribution < -0.4 is 0 Å². The predicted molar refractivity (Wildman–Crippen MR) is 331 cm³/mol. The highest BCUT2D eigenvalue weighted by atomic mass is 15.0. The second kappa shape index (κ2) is 15.6. The van der Waals surface area contributed by atoms with E-state index in [0.29, 0.717) is 0 Å². The molecule has 0 N–H and O–H groups in total. The van der Waals surface area contributed by atoms with Crippen LogP contribution in [0, 0.1) is 0 Å². The van der Waals surface area contributed by atoms with Gasteiger partial charge < -0.3 is 9.13 Å². The quantitative estimate of drug-likeness (QED) is 0.123. The summed E-state index contributed by atoms with van der Waals surface area (Å²) in [6, 6.07) is 92.1. The van der Waals surface area contributed by atoms with Crippen LogP contribution in [-0.2, 0) is 10.8 Å². The molecule has 2 heterocycles. The fraction of sp³-hybridized carbons (Fsp3) is 0.0789. The van der Waals surface area contributed by atoms with E-state index in [0.717, 1.165) is 0 Å². The summed E-state index contributed by atoms with van der Waals surface area (Å²) in [6.07, 6.45) is 0. The second-order valence-electron chi connectivity index (χ2n) is 23.2. The highest BCUT2D eigenvalue weighted by Crippen LogP contribution is 2.54. The average molecular weight is 993 g/mol. The van der Waals surface area contributed by atoms with Gasteiger partial charge in [0.25, 0.3) is 0 Å². The van der Waals surface area contributed by atoms with Crippen LogP contribution in [0.2, 0.25) is 0 Å². The number of fused-ring (bicyclic) bond motifs is 18. The first-order valence-electron chi connectivity index (χ1n) is 27.6. The third-order valence-electron chi connectivity index (χ3n) is 18.4. The standard InChI is InChI=1S/C76H52N2/c1-75(2)67-27-15-11-23-51(67)63-41-59-55(45-31-33-73-65(35-45)53-25-13-17-29-71(53)77(73)49-19-7-5-8-20-49)37-47-40-58-48(39-57(47)61(59)43-69(63)75)38-56(60-42-64-52-24-12-16-28-68(52)76(3,4)70(64)44-62(58)60)46-32-34-74-66(36-46)54-26-14-18-30-72(54)78(74)50-21-9-6-10-22-50/h5-44H,1-4H3. The Morgan fingerprint density at radius 2 is 0.615 bits per heavy atom. The Balaban J connectivity index is 0.970. The van der Waals surface area contributed by atoms with Crippen LogP contribution in [0.1, 0.15) is 49.9 Å². The minimum Gasteiger partial charge on any atom is -0.309 e. The van der Waals surface area contributed by atoms with Crippen molar-refractivity contribution in [2.45, 2.75) is 38.5 Å². The van der Waals surface area contributed by atoms with Gasteiger partial charge in [0.1, 0.15) is 0 Å². The number of nitrogens with zero attached hydrogens (tertiary/aromatic N) is 2. The number of hydrogen-bond acceptors (Lipinski definition) is 0. The summed E-state index contributed by atoms with van der Waals surface area (Å²) in [4.78, 5) is 0. The molecular formula is C76H52N2. The SMILES string of the molecule is CC1(C)c2ccccc2-c2cc3c(-c4ccc5c(c4)c4ccccc4n5-c4ccccc4)cc4cc5c(cc(-c6ccc7c(c6)c6ccccc6n7-c6ccccc6)c6cc7c(cc65)C(C)(C)c5ccccc5-7)cc4c3cc21. The van der Waals surface area contributed by atoms with Gasteiger partial charge in [-0.25, -0.2) is 0 Å². The maximum Gasteiger partial charge on any atom is 0.0541 e. The van der Waals surface area contributed by atoms with Crippen molar-refractivity contribution in [1.82, 2.24) is 9.13 Å².